The van der Waals surface area contributed by atoms with Crippen LogP contribution in [0.3, 0.4) is 0 Å². The summed E-state index contributed by atoms with van der Waals surface area (Å²) in [5.74, 6) is 0.162. The second-order valence-electron chi connectivity index (χ2n) is 4.84. The smallest absolute Gasteiger partial charge is 0.253 e. The maximum atomic E-state index is 12.0. The number of nitrogens with two attached hydrogens (primary N) is 1. The van der Waals surface area contributed by atoms with E-state index in [1.54, 1.807) is 18.2 Å². The average molecular weight is 293 g/mol. The molecule has 0 fully saturated rings. The molecule has 1 aromatic carbocycles. The van der Waals surface area contributed by atoms with Gasteiger partial charge in [0.05, 0.1) is 12.7 Å². The highest BCUT2D eigenvalue weighted by Crippen LogP contribution is 2.19. The Labute approximate surface area is 125 Å². The Morgan fingerprint density at radius 1 is 1.38 bits per heavy atom. The lowest BCUT2D eigenvalue weighted by atomic mass is 10.1. The van der Waals surface area contributed by atoms with Gasteiger partial charge in [0.15, 0.2) is 0 Å². The molecule has 6 heteroatoms. The normalized spacial score (nSPS) is 11.6. The van der Waals surface area contributed by atoms with Crippen molar-refractivity contribution in [1.29, 1.82) is 0 Å². The van der Waals surface area contributed by atoms with Gasteiger partial charge in [-0.15, -0.1) is 0 Å². The molecule has 4 N–H and O–H groups in total. The summed E-state index contributed by atoms with van der Waals surface area (Å²) in [7, 11) is 1.52. The van der Waals surface area contributed by atoms with Crippen molar-refractivity contribution in [2.75, 3.05) is 19.4 Å². The van der Waals surface area contributed by atoms with E-state index in [4.69, 9.17) is 10.5 Å². The van der Waals surface area contributed by atoms with E-state index in [1.165, 1.54) is 7.11 Å². The Bertz CT molecular complexity index is 503. The topological polar surface area (TPSA) is 93.5 Å². The van der Waals surface area contributed by atoms with E-state index < -0.39 is 0 Å². The number of anilines is 1. The Balaban J connectivity index is 2.49. The third-order valence-electron chi connectivity index (χ3n) is 3.16. The van der Waals surface area contributed by atoms with Crippen LogP contribution in [0.4, 0.5) is 5.69 Å². The van der Waals surface area contributed by atoms with Crippen LogP contribution in [0.2, 0.25) is 0 Å². The van der Waals surface area contributed by atoms with Gasteiger partial charge in [0, 0.05) is 24.7 Å². The summed E-state index contributed by atoms with van der Waals surface area (Å²) in [5, 5.41) is 5.52. The van der Waals surface area contributed by atoms with Crippen LogP contribution in [0.15, 0.2) is 18.2 Å². The molecule has 0 radical (unpaired) electrons. The number of ether oxygens (including phenoxy) is 1. The van der Waals surface area contributed by atoms with Crippen molar-refractivity contribution in [1.82, 2.24) is 10.6 Å². The maximum Gasteiger partial charge on any atom is 0.253 e. The fraction of sp³-hybridized carbons (Fsp3) is 0.467. The fourth-order valence-electron chi connectivity index (χ4n) is 1.69. The Morgan fingerprint density at radius 3 is 2.71 bits per heavy atom. The first-order valence-electron chi connectivity index (χ1n) is 6.99. The average Bonchev–Trinajstić information content (AvgIpc) is 2.47. The number of carbonyl (C=O) groups is 2. The lowest BCUT2D eigenvalue weighted by Gasteiger charge is -2.12. The van der Waals surface area contributed by atoms with Gasteiger partial charge < -0.3 is 21.1 Å². The van der Waals surface area contributed by atoms with E-state index >= 15 is 0 Å². The van der Waals surface area contributed by atoms with Gasteiger partial charge in [0.25, 0.3) is 5.91 Å². The van der Waals surface area contributed by atoms with E-state index in [2.05, 4.69) is 10.6 Å². The van der Waals surface area contributed by atoms with Crippen LogP contribution in [0.5, 0.6) is 5.75 Å². The minimum atomic E-state index is -0.317. The first-order chi connectivity index (χ1) is 9.97. The highest BCUT2D eigenvalue weighted by atomic mass is 16.5. The molecule has 0 bridgehead atoms. The molecular weight excluding hydrogens is 270 g/mol. The molecular formula is C15H23N3O3. The Hall–Kier alpha value is -2.24. The fourth-order valence-corrected chi connectivity index (χ4v) is 1.69. The number of methoxy groups -OCH3 is 1. The molecule has 1 unspecified atom stereocenters. The Morgan fingerprint density at radius 2 is 2.10 bits per heavy atom. The van der Waals surface area contributed by atoms with Gasteiger partial charge in [-0.05, 0) is 31.5 Å². The molecule has 116 valence electrons. The molecule has 0 saturated heterocycles. The zero-order chi connectivity index (χ0) is 15.8. The van der Waals surface area contributed by atoms with Crippen molar-refractivity contribution >= 4 is 17.5 Å². The SMILES string of the molecule is CCC(C)NC(=O)CCNC(=O)c1cc(OC)ccc1N. The quantitative estimate of drug-likeness (QED) is 0.661. The van der Waals surface area contributed by atoms with Crippen molar-refractivity contribution in [3.8, 4) is 5.75 Å². The van der Waals surface area contributed by atoms with Gasteiger partial charge in [0.2, 0.25) is 5.91 Å². The second kappa shape index (κ2) is 8.14. The molecule has 0 heterocycles. The summed E-state index contributed by atoms with van der Waals surface area (Å²) in [5.41, 5.74) is 6.48. The molecule has 0 aliphatic carbocycles. The summed E-state index contributed by atoms with van der Waals surface area (Å²) < 4.78 is 5.06. The molecule has 0 aliphatic heterocycles. The largest absolute Gasteiger partial charge is 0.497 e. The predicted molar refractivity (Wildman–Crippen MR) is 82.3 cm³/mol. The third kappa shape index (κ3) is 5.33. The van der Waals surface area contributed by atoms with Crippen molar-refractivity contribution < 1.29 is 14.3 Å². The number of nitrogens with one attached hydrogen (secondary N) is 2. The highest BCUT2D eigenvalue weighted by molar-refractivity contribution is 5.99. The van der Waals surface area contributed by atoms with Crippen LogP contribution in [-0.4, -0.2) is 31.5 Å². The monoisotopic (exact) mass is 293 g/mol. The molecule has 0 spiro atoms. The lowest BCUT2D eigenvalue weighted by Crippen LogP contribution is -2.35. The van der Waals surface area contributed by atoms with E-state index in [0.29, 0.717) is 17.0 Å². The van der Waals surface area contributed by atoms with Crippen LogP contribution in [-0.2, 0) is 4.79 Å². The van der Waals surface area contributed by atoms with E-state index in [1.807, 2.05) is 13.8 Å². The number of hydrogen-bond donors (Lipinski definition) is 3. The molecule has 21 heavy (non-hydrogen) atoms. The van der Waals surface area contributed by atoms with Gasteiger partial charge in [-0.3, -0.25) is 9.59 Å². The van der Waals surface area contributed by atoms with E-state index in [0.717, 1.165) is 6.42 Å². The van der Waals surface area contributed by atoms with Gasteiger partial charge in [-0.2, -0.15) is 0 Å². The summed E-state index contributed by atoms with van der Waals surface area (Å²) in [6.07, 6.45) is 1.11. The molecule has 2 amide bonds. The number of benzene rings is 1. The highest BCUT2D eigenvalue weighted by Gasteiger charge is 2.12. The van der Waals surface area contributed by atoms with Crippen LogP contribution in [0.1, 0.15) is 37.0 Å². The Kier molecular flexibility index (Phi) is 6.52. The van der Waals surface area contributed by atoms with Crippen LogP contribution < -0.4 is 21.1 Å². The van der Waals surface area contributed by atoms with Gasteiger partial charge in [-0.1, -0.05) is 6.92 Å². The first kappa shape index (κ1) is 16.8. The molecule has 0 aliphatic rings. The predicted octanol–water partition coefficient (Wildman–Crippen LogP) is 1.31. The first-order valence-corrected chi connectivity index (χ1v) is 6.99. The molecule has 1 atom stereocenters. The van der Waals surface area contributed by atoms with Gasteiger partial charge in [0.1, 0.15) is 5.75 Å². The molecule has 1 rings (SSSR count). The van der Waals surface area contributed by atoms with Crippen molar-refractivity contribution in [3.05, 3.63) is 23.8 Å². The van der Waals surface area contributed by atoms with Crippen LogP contribution in [0, 0.1) is 0 Å². The number of carbonyl (C=O) groups excluding carboxylic acids is 2. The van der Waals surface area contributed by atoms with Crippen LogP contribution >= 0.6 is 0 Å². The minimum Gasteiger partial charge on any atom is -0.497 e. The number of rotatable bonds is 7. The third-order valence-corrected chi connectivity index (χ3v) is 3.16. The lowest BCUT2D eigenvalue weighted by molar-refractivity contribution is -0.121. The second-order valence-corrected chi connectivity index (χ2v) is 4.84. The van der Waals surface area contributed by atoms with Crippen molar-refractivity contribution in [3.63, 3.8) is 0 Å². The number of nitrogen functional groups attached to an aromatic ring is 1. The van der Waals surface area contributed by atoms with Gasteiger partial charge >= 0.3 is 0 Å². The van der Waals surface area contributed by atoms with Crippen LogP contribution in [0.25, 0.3) is 0 Å². The maximum absolute atomic E-state index is 12.0. The summed E-state index contributed by atoms with van der Waals surface area (Å²) >= 11 is 0. The molecule has 1 aromatic rings. The minimum absolute atomic E-state index is 0.0803. The number of amides is 2. The zero-order valence-corrected chi connectivity index (χ0v) is 12.7. The van der Waals surface area contributed by atoms with Crippen molar-refractivity contribution in [2.45, 2.75) is 32.7 Å². The summed E-state index contributed by atoms with van der Waals surface area (Å²) in [4.78, 5) is 23.6. The molecule has 0 aromatic heterocycles. The molecule has 6 nitrogen and oxygen atoms in total. The summed E-state index contributed by atoms with van der Waals surface area (Å²) in [6, 6.07) is 5.01. The molecule has 0 saturated carbocycles. The standard InChI is InChI=1S/C15H23N3O3/c1-4-10(2)18-14(19)7-8-17-15(20)12-9-11(21-3)5-6-13(12)16/h5-6,9-10H,4,7-8,16H2,1-3H3,(H,17,20)(H,18,19). The van der Waals surface area contributed by atoms with E-state index in [9.17, 15) is 9.59 Å². The van der Waals surface area contributed by atoms with E-state index in [-0.39, 0.29) is 30.8 Å². The zero-order valence-electron chi connectivity index (χ0n) is 12.7. The number of hydrogen-bond acceptors (Lipinski definition) is 4. The van der Waals surface area contributed by atoms with Crippen molar-refractivity contribution in [2.24, 2.45) is 0 Å². The van der Waals surface area contributed by atoms with Gasteiger partial charge in [-0.25, -0.2) is 0 Å². The summed E-state index contributed by atoms with van der Waals surface area (Å²) in [6.45, 7) is 4.20.